The van der Waals surface area contributed by atoms with Crippen molar-refractivity contribution in [2.75, 3.05) is 11.4 Å². The summed E-state index contributed by atoms with van der Waals surface area (Å²) in [5.41, 5.74) is 5.60. The fourth-order valence-electron chi connectivity index (χ4n) is 3.97. The molecule has 2 aliphatic rings. The molecule has 0 radical (unpaired) electrons. The van der Waals surface area contributed by atoms with E-state index < -0.39 is 0 Å². The van der Waals surface area contributed by atoms with E-state index in [1.807, 2.05) is 12.1 Å². The maximum Gasteiger partial charge on any atom is 0.115 e. The lowest BCUT2D eigenvalue weighted by molar-refractivity contribution is 0.465. The van der Waals surface area contributed by atoms with Gasteiger partial charge in [-0.1, -0.05) is 24.3 Å². The van der Waals surface area contributed by atoms with E-state index in [9.17, 15) is 5.11 Å². The van der Waals surface area contributed by atoms with Gasteiger partial charge in [0.25, 0.3) is 0 Å². The van der Waals surface area contributed by atoms with Gasteiger partial charge >= 0.3 is 0 Å². The average Bonchev–Trinajstić information content (AvgIpc) is 2.54. The molecule has 1 unspecified atom stereocenters. The molecule has 1 N–H and O–H groups in total. The molecule has 0 fully saturated rings. The van der Waals surface area contributed by atoms with E-state index in [-0.39, 0.29) is 0 Å². The van der Waals surface area contributed by atoms with Crippen LogP contribution in [-0.4, -0.2) is 11.7 Å². The van der Waals surface area contributed by atoms with Crippen molar-refractivity contribution in [1.82, 2.24) is 0 Å². The summed E-state index contributed by atoms with van der Waals surface area (Å²) in [7, 11) is 0. The van der Waals surface area contributed by atoms with Crippen molar-refractivity contribution in [3.63, 3.8) is 0 Å². The topological polar surface area (TPSA) is 23.5 Å². The van der Waals surface area contributed by atoms with Crippen LogP contribution in [0.1, 0.15) is 42.0 Å². The van der Waals surface area contributed by atoms with Crippen LogP contribution in [0, 0.1) is 0 Å². The second kappa shape index (κ2) is 5.10. The number of benzene rings is 2. The second-order valence-corrected chi connectivity index (χ2v) is 6.22. The van der Waals surface area contributed by atoms with Crippen molar-refractivity contribution in [3.8, 4) is 5.75 Å². The minimum atomic E-state index is 0.394. The summed E-state index contributed by atoms with van der Waals surface area (Å²) in [6, 6.07) is 15.1. The number of aryl methyl sites for hydroxylation is 2. The molecular formula is C19H21NO. The summed E-state index contributed by atoms with van der Waals surface area (Å²) in [5.74, 6) is 0.394. The number of para-hydroxylation sites is 1. The summed E-state index contributed by atoms with van der Waals surface area (Å²) in [6.45, 7) is 1.12. The smallest absolute Gasteiger partial charge is 0.115 e. The number of aromatic hydroxyl groups is 1. The summed E-state index contributed by atoms with van der Waals surface area (Å²) in [5, 5.41) is 9.88. The van der Waals surface area contributed by atoms with Crippen LogP contribution >= 0.6 is 0 Å². The Hall–Kier alpha value is -1.96. The Morgan fingerprint density at radius 2 is 1.81 bits per heavy atom. The molecule has 21 heavy (non-hydrogen) atoms. The Balaban J connectivity index is 1.78. The number of hydrogen-bond acceptors (Lipinski definition) is 2. The molecule has 1 aliphatic heterocycles. The molecule has 108 valence electrons. The van der Waals surface area contributed by atoms with Crippen molar-refractivity contribution in [3.05, 3.63) is 59.2 Å². The summed E-state index contributed by atoms with van der Waals surface area (Å²) in [6.07, 6.45) is 5.97. The molecule has 0 saturated carbocycles. The molecule has 2 aromatic rings. The van der Waals surface area contributed by atoms with Crippen LogP contribution in [0.5, 0.6) is 5.75 Å². The SMILES string of the molecule is Oc1ccc2c(c1)C(N1CCCc3ccccc31)CCC2. The Morgan fingerprint density at radius 1 is 0.952 bits per heavy atom. The Labute approximate surface area is 126 Å². The first kappa shape index (κ1) is 12.8. The zero-order valence-electron chi connectivity index (χ0n) is 12.3. The van der Waals surface area contributed by atoms with Crippen molar-refractivity contribution < 1.29 is 5.11 Å². The zero-order valence-corrected chi connectivity index (χ0v) is 12.3. The van der Waals surface area contributed by atoms with Gasteiger partial charge in [0.2, 0.25) is 0 Å². The number of nitrogens with zero attached hydrogens (tertiary/aromatic N) is 1. The van der Waals surface area contributed by atoms with Crippen LogP contribution in [0.3, 0.4) is 0 Å². The molecule has 2 heteroatoms. The minimum Gasteiger partial charge on any atom is -0.508 e. The van der Waals surface area contributed by atoms with E-state index in [4.69, 9.17) is 0 Å². The lowest BCUT2D eigenvalue weighted by Crippen LogP contribution is -2.35. The van der Waals surface area contributed by atoms with Crippen LogP contribution in [0.25, 0.3) is 0 Å². The normalized spacial score (nSPS) is 20.8. The van der Waals surface area contributed by atoms with Crippen molar-refractivity contribution in [2.45, 2.75) is 38.1 Å². The molecule has 0 saturated heterocycles. The highest BCUT2D eigenvalue weighted by atomic mass is 16.3. The maximum absolute atomic E-state index is 9.88. The highest BCUT2D eigenvalue weighted by Crippen LogP contribution is 2.41. The third kappa shape index (κ3) is 2.19. The van der Waals surface area contributed by atoms with Gasteiger partial charge in [0.1, 0.15) is 5.75 Å². The number of phenolic OH excluding ortho intramolecular Hbond substituents is 1. The molecule has 0 bridgehead atoms. The number of hydrogen-bond donors (Lipinski definition) is 1. The van der Waals surface area contributed by atoms with Crippen LogP contribution in [-0.2, 0) is 12.8 Å². The number of fused-ring (bicyclic) bond motifs is 2. The molecule has 2 aromatic carbocycles. The molecule has 4 rings (SSSR count). The first-order chi connectivity index (χ1) is 10.3. The maximum atomic E-state index is 9.88. The van der Waals surface area contributed by atoms with Gasteiger partial charge in [0.15, 0.2) is 0 Å². The van der Waals surface area contributed by atoms with Gasteiger partial charge in [-0.25, -0.2) is 0 Å². The average molecular weight is 279 g/mol. The van der Waals surface area contributed by atoms with Gasteiger partial charge in [-0.3, -0.25) is 0 Å². The molecule has 0 spiro atoms. The standard InChI is InChI=1S/C19H21NO/c21-16-11-10-14-6-3-9-19(17(14)13-16)20-12-4-7-15-5-1-2-8-18(15)20/h1-2,5,8,10-11,13,19,21H,3-4,6-7,9,12H2. The first-order valence-corrected chi connectivity index (χ1v) is 7.99. The Bertz CT molecular complexity index is 664. The van der Waals surface area contributed by atoms with E-state index in [1.54, 1.807) is 0 Å². The van der Waals surface area contributed by atoms with Gasteiger partial charge < -0.3 is 10.0 Å². The predicted octanol–water partition coefficient (Wildman–Crippen LogP) is 4.22. The lowest BCUT2D eigenvalue weighted by atomic mass is 9.85. The molecule has 1 heterocycles. The van der Waals surface area contributed by atoms with E-state index in [0.29, 0.717) is 11.8 Å². The van der Waals surface area contributed by atoms with Gasteiger partial charge in [0, 0.05) is 12.2 Å². The predicted molar refractivity (Wildman–Crippen MR) is 85.9 cm³/mol. The Morgan fingerprint density at radius 3 is 2.76 bits per heavy atom. The van der Waals surface area contributed by atoms with E-state index in [0.717, 1.165) is 13.0 Å². The van der Waals surface area contributed by atoms with Crippen LogP contribution in [0.2, 0.25) is 0 Å². The summed E-state index contributed by atoms with van der Waals surface area (Å²) < 4.78 is 0. The molecular weight excluding hydrogens is 258 g/mol. The van der Waals surface area contributed by atoms with Gasteiger partial charge in [0.05, 0.1) is 6.04 Å². The minimum absolute atomic E-state index is 0.394. The third-order valence-electron chi connectivity index (χ3n) is 4.93. The van der Waals surface area contributed by atoms with Crippen LogP contribution in [0.15, 0.2) is 42.5 Å². The highest BCUT2D eigenvalue weighted by Gasteiger charge is 2.29. The largest absolute Gasteiger partial charge is 0.508 e. The van der Waals surface area contributed by atoms with E-state index >= 15 is 0 Å². The van der Waals surface area contributed by atoms with Gasteiger partial charge in [-0.05, 0) is 67.0 Å². The zero-order chi connectivity index (χ0) is 14.2. The van der Waals surface area contributed by atoms with Gasteiger partial charge in [-0.2, -0.15) is 0 Å². The quantitative estimate of drug-likeness (QED) is 0.844. The number of anilines is 1. The van der Waals surface area contributed by atoms with E-state index in [1.165, 1.54) is 48.1 Å². The first-order valence-electron chi connectivity index (χ1n) is 7.99. The van der Waals surface area contributed by atoms with Crippen LogP contribution < -0.4 is 4.90 Å². The monoisotopic (exact) mass is 279 g/mol. The van der Waals surface area contributed by atoms with Gasteiger partial charge in [-0.15, -0.1) is 0 Å². The third-order valence-corrected chi connectivity index (χ3v) is 4.93. The fourth-order valence-corrected chi connectivity index (χ4v) is 3.97. The van der Waals surface area contributed by atoms with E-state index in [2.05, 4.69) is 35.2 Å². The molecule has 1 atom stereocenters. The highest BCUT2D eigenvalue weighted by molar-refractivity contribution is 5.58. The van der Waals surface area contributed by atoms with Crippen molar-refractivity contribution in [1.29, 1.82) is 0 Å². The fraction of sp³-hybridized carbons (Fsp3) is 0.368. The lowest BCUT2D eigenvalue weighted by Gasteiger charge is -2.41. The summed E-state index contributed by atoms with van der Waals surface area (Å²) >= 11 is 0. The van der Waals surface area contributed by atoms with Crippen molar-refractivity contribution in [2.24, 2.45) is 0 Å². The number of phenols is 1. The second-order valence-electron chi connectivity index (χ2n) is 6.22. The summed E-state index contributed by atoms with van der Waals surface area (Å²) in [4.78, 5) is 2.57. The van der Waals surface area contributed by atoms with Crippen LogP contribution in [0.4, 0.5) is 5.69 Å². The number of rotatable bonds is 1. The van der Waals surface area contributed by atoms with Crippen molar-refractivity contribution >= 4 is 5.69 Å². The molecule has 1 aliphatic carbocycles. The Kier molecular flexibility index (Phi) is 3.10. The molecule has 2 nitrogen and oxygen atoms in total. The molecule has 0 aromatic heterocycles. The molecule has 0 amide bonds.